The quantitative estimate of drug-likeness (QED) is 0.434. The SMILES string of the molecule is CCCCCC=CC(C)CC(O)C(CCC)C(C)O. The first-order valence-electron chi connectivity index (χ1n) is 8.05. The number of aliphatic hydroxyl groups is 2. The zero-order chi connectivity index (χ0) is 14.7. The third-order valence-corrected chi connectivity index (χ3v) is 3.79. The van der Waals surface area contributed by atoms with Gasteiger partial charge in [-0.15, -0.1) is 0 Å². The number of hydrogen-bond acceptors (Lipinski definition) is 2. The highest BCUT2D eigenvalue weighted by atomic mass is 16.3. The molecule has 0 aliphatic heterocycles. The van der Waals surface area contributed by atoms with Crippen molar-refractivity contribution < 1.29 is 10.2 Å². The van der Waals surface area contributed by atoms with Gasteiger partial charge in [-0.1, -0.05) is 52.2 Å². The molecule has 2 nitrogen and oxygen atoms in total. The smallest absolute Gasteiger partial charge is 0.0598 e. The Morgan fingerprint density at radius 1 is 1.00 bits per heavy atom. The Bertz CT molecular complexity index is 223. The van der Waals surface area contributed by atoms with Gasteiger partial charge in [0.25, 0.3) is 0 Å². The zero-order valence-corrected chi connectivity index (χ0v) is 13.3. The summed E-state index contributed by atoms with van der Waals surface area (Å²) in [5.41, 5.74) is 0. The van der Waals surface area contributed by atoms with Crippen molar-refractivity contribution in [2.24, 2.45) is 11.8 Å². The fraction of sp³-hybridized carbons (Fsp3) is 0.882. The van der Waals surface area contributed by atoms with E-state index >= 15 is 0 Å². The molecule has 0 aliphatic carbocycles. The maximum absolute atomic E-state index is 10.2. The second-order valence-electron chi connectivity index (χ2n) is 5.90. The van der Waals surface area contributed by atoms with Crippen molar-refractivity contribution in [3.8, 4) is 0 Å². The van der Waals surface area contributed by atoms with Gasteiger partial charge in [0.1, 0.15) is 0 Å². The predicted octanol–water partition coefficient (Wildman–Crippen LogP) is 4.31. The van der Waals surface area contributed by atoms with Gasteiger partial charge in [0.2, 0.25) is 0 Å². The average molecular weight is 270 g/mol. The molecule has 2 N–H and O–H groups in total. The van der Waals surface area contributed by atoms with E-state index in [1.54, 1.807) is 6.92 Å². The Kier molecular flexibility index (Phi) is 11.3. The van der Waals surface area contributed by atoms with Crippen molar-refractivity contribution in [2.45, 2.75) is 84.8 Å². The molecule has 4 unspecified atom stereocenters. The zero-order valence-electron chi connectivity index (χ0n) is 13.3. The Hall–Kier alpha value is -0.340. The third kappa shape index (κ3) is 9.23. The molecule has 0 aromatic heterocycles. The fourth-order valence-electron chi connectivity index (χ4n) is 2.56. The molecule has 2 heteroatoms. The van der Waals surface area contributed by atoms with Gasteiger partial charge in [0.05, 0.1) is 12.2 Å². The lowest BCUT2D eigenvalue weighted by atomic mass is 9.87. The summed E-state index contributed by atoms with van der Waals surface area (Å²) in [7, 11) is 0. The lowest BCUT2D eigenvalue weighted by molar-refractivity contribution is 0.00809. The van der Waals surface area contributed by atoms with Gasteiger partial charge in [-0.05, 0) is 38.5 Å². The molecule has 0 aliphatic rings. The molecule has 0 aromatic rings. The van der Waals surface area contributed by atoms with Crippen LogP contribution in [0.25, 0.3) is 0 Å². The lowest BCUT2D eigenvalue weighted by Crippen LogP contribution is -2.31. The maximum Gasteiger partial charge on any atom is 0.0598 e. The van der Waals surface area contributed by atoms with Crippen molar-refractivity contribution in [3.63, 3.8) is 0 Å². The second kappa shape index (κ2) is 11.5. The number of unbranched alkanes of at least 4 members (excludes halogenated alkanes) is 3. The number of rotatable bonds is 11. The molecule has 0 radical (unpaired) electrons. The van der Waals surface area contributed by atoms with Gasteiger partial charge in [0, 0.05) is 5.92 Å². The van der Waals surface area contributed by atoms with Gasteiger partial charge in [-0.2, -0.15) is 0 Å². The van der Waals surface area contributed by atoms with Gasteiger partial charge >= 0.3 is 0 Å². The van der Waals surface area contributed by atoms with Crippen LogP contribution in [0.4, 0.5) is 0 Å². The van der Waals surface area contributed by atoms with Crippen LogP contribution in [0, 0.1) is 11.8 Å². The van der Waals surface area contributed by atoms with Crippen molar-refractivity contribution in [2.75, 3.05) is 0 Å². The minimum atomic E-state index is -0.421. The molecule has 0 bridgehead atoms. The average Bonchev–Trinajstić information content (AvgIpc) is 2.35. The third-order valence-electron chi connectivity index (χ3n) is 3.79. The maximum atomic E-state index is 10.2. The molecule has 0 heterocycles. The summed E-state index contributed by atoms with van der Waals surface area (Å²) in [5.74, 6) is 0.399. The van der Waals surface area contributed by atoms with Gasteiger partial charge in [-0.3, -0.25) is 0 Å². The summed E-state index contributed by atoms with van der Waals surface area (Å²) in [5, 5.41) is 19.9. The van der Waals surface area contributed by atoms with E-state index in [2.05, 4.69) is 32.9 Å². The summed E-state index contributed by atoms with van der Waals surface area (Å²) in [6.07, 6.45) is 11.2. The van der Waals surface area contributed by atoms with E-state index in [9.17, 15) is 10.2 Å². The lowest BCUT2D eigenvalue weighted by Gasteiger charge is -2.26. The van der Waals surface area contributed by atoms with Gasteiger partial charge in [0.15, 0.2) is 0 Å². The van der Waals surface area contributed by atoms with E-state index in [-0.39, 0.29) is 5.92 Å². The van der Waals surface area contributed by atoms with E-state index in [0.29, 0.717) is 5.92 Å². The Balaban J connectivity index is 4.04. The van der Waals surface area contributed by atoms with Crippen LogP contribution in [0.15, 0.2) is 12.2 Å². The molecule has 0 aromatic carbocycles. The highest BCUT2D eigenvalue weighted by Crippen LogP contribution is 2.22. The summed E-state index contributed by atoms with van der Waals surface area (Å²) in [6, 6.07) is 0. The van der Waals surface area contributed by atoms with Crippen LogP contribution in [0.3, 0.4) is 0 Å². The van der Waals surface area contributed by atoms with Crippen molar-refractivity contribution >= 4 is 0 Å². The van der Waals surface area contributed by atoms with Crippen molar-refractivity contribution in [1.29, 1.82) is 0 Å². The highest BCUT2D eigenvalue weighted by molar-refractivity contribution is 4.88. The number of aliphatic hydroxyl groups excluding tert-OH is 2. The molecule has 0 saturated carbocycles. The molecule has 0 rings (SSSR count). The van der Waals surface area contributed by atoms with Gasteiger partial charge in [-0.25, -0.2) is 0 Å². The van der Waals surface area contributed by atoms with Crippen LogP contribution in [-0.4, -0.2) is 22.4 Å². The summed E-state index contributed by atoms with van der Waals surface area (Å²) in [4.78, 5) is 0. The predicted molar refractivity (Wildman–Crippen MR) is 83.1 cm³/mol. The summed E-state index contributed by atoms with van der Waals surface area (Å²) >= 11 is 0. The topological polar surface area (TPSA) is 40.5 Å². The van der Waals surface area contributed by atoms with Crippen LogP contribution in [0.5, 0.6) is 0 Å². The molecule has 0 fully saturated rings. The first-order valence-corrected chi connectivity index (χ1v) is 8.05. The Morgan fingerprint density at radius 3 is 2.21 bits per heavy atom. The molecule has 4 atom stereocenters. The normalized spacial score (nSPS) is 18.4. The van der Waals surface area contributed by atoms with E-state index in [1.165, 1.54) is 19.3 Å². The summed E-state index contributed by atoms with van der Waals surface area (Å²) < 4.78 is 0. The molecule has 0 saturated heterocycles. The van der Waals surface area contributed by atoms with Crippen molar-refractivity contribution in [1.82, 2.24) is 0 Å². The molecule has 114 valence electrons. The molecular formula is C17H34O2. The van der Waals surface area contributed by atoms with E-state index < -0.39 is 12.2 Å². The van der Waals surface area contributed by atoms with Crippen LogP contribution in [0.1, 0.15) is 72.6 Å². The second-order valence-corrected chi connectivity index (χ2v) is 5.90. The van der Waals surface area contributed by atoms with Crippen molar-refractivity contribution in [3.05, 3.63) is 12.2 Å². The molecule has 0 amide bonds. The highest BCUT2D eigenvalue weighted by Gasteiger charge is 2.23. The number of hydrogen-bond donors (Lipinski definition) is 2. The molecule has 19 heavy (non-hydrogen) atoms. The van der Waals surface area contributed by atoms with Crippen LogP contribution < -0.4 is 0 Å². The largest absolute Gasteiger partial charge is 0.393 e. The summed E-state index contributed by atoms with van der Waals surface area (Å²) in [6.45, 7) is 8.24. The van der Waals surface area contributed by atoms with E-state index in [1.807, 2.05) is 0 Å². The minimum Gasteiger partial charge on any atom is -0.393 e. The molecular weight excluding hydrogens is 236 g/mol. The number of allylic oxidation sites excluding steroid dienone is 2. The first-order chi connectivity index (χ1) is 9.02. The van der Waals surface area contributed by atoms with E-state index in [4.69, 9.17) is 0 Å². The van der Waals surface area contributed by atoms with E-state index in [0.717, 1.165) is 25.7 Å². The monoisotopic (exact) mass is 270 g/mol. The molecule has 0 spiro atoms. The minimum absolute atomic E-state index is 0.0148. The van der Waals surface area contributed by atoms with Crippen LogP contribution in [-0.2, 0) is 0 Å². The first kappa shape index (κ1) is 18.7. The van der Waals surface area contributed by atoms with Crippen LogP contribution >= 0.6 is 0 Å². The Labute approximate surface area is 119 Å². The Morgan fingerprint density at radius 2 is 1.68 bits per heavy atom. The standard InChI is InChI=1S/C17H34O2/c1-5-7-8-9-10-12-14(3)13-17(19)16(11-6-2)15(4)18/h10,12,14-19H,5-9,11,13H2,1-4H3. The van der Waals surface area contributed by atoms with Gasteiger partial charge < -0.3 is 10.2 Å². The van der Waals surface area contributed by atoms with Crippen LogP contribution in [0.2, 0.25) is 0 Å². The fourth-order valence-corrected chi connectivity index (χ4v) is 2.56.